The van der Waals surface area contributed by atoms with Gasteiger partial charge in [0, 0.05) is 14.5 Å². The lowest BCUT2D eigenvalue weighted by atomic mass is 9.86. The first kappa shape index (κ1) is 13.1. The van der Waals surface area contributed by atoms with Gasteiger partial charge in [-0.1, -0.05) is 69.3 Å². The Kier molecular flexibility index (Phi) is 3.62. The minimum absolute atomic E-state index is 0.0618. The van der Waals surface area contributed by atoms with E-state index in [4.69, 9.17) is 2.74 Å². The highest BCUT2D eigenvalue weighted by Crippen LogP contribution is 2.27. The SMILES string of the molecule is [2H]C([2H])(c1ccccc1)c1ccnc(-c2cccc(C(C)(C)C)c2)c1. The number of nitrogens with zero attached hydrogens (tertiary/aromatic N) is 1. The Morgan fingerprint density at radius 3 is 2.39 bits per heavy atom. The van der Waals surface area contributed by atoms with Crippen molar-refractivity contribution < 1.29 is 2.74 Å². The van der Waals surface area contributed by atoms with E-state index >= 15 is 0 Å². The van der Waals surface area contributed by atoms with Crippen LogP contribution >= 0.6 is 0 Å². The van der Waals surface area contributed by atoms with Gasteiger partial charge in [-0.25, -0.2) is 0 Å². The molecule has 0 spiro atoms. The van der Waals surface area contributed by atoms with Gasteiger partial charge in [-0.3, -0.25) is 4.98 Å². The van der Waals surface area contributed by atoms with Crippen molar-refractivity contribution >= 4 is 0 Å². The summed E-state index contributed by atoms with van der Waals surface area (Å²) in [5, 5.41) is 0. The quantitative estimate of drug-likeness (QED) is 0.610. The zero-order valence-corrected chi connectivity index (χ0v) is 13.9. The molecule has 1 nitrogen and oxygen atoms in total. The second-order valence-electron chi connectivity index (χ2n) is 6.75. The molecule has 1 aromatic heterocycles. The standard InChI is InChI=1S/C22H23N/c1-22(2,3)20-11-7-10-19(16-20)21-15-18(12-13-23-21)14-17-8-5-4-6-9-17/h4-13,15-16H,14H2,1-3H3/i14D2. The average Bonchev–Trinajstić information content (AvgIpc) is 2.62. The highest BCUT2D eigenvalue weighted by molar-refractivity contribution is 5.61. The molecule has 1 heteroatoms. The summed E-state index contributed by atoms with van der Waals surface area (Å²) >= 11 is 0. The van der Waals surface area contributed by atoms with Crippen LogP contribution in [0.4, 0.5) is 0 Å². The summed E-state index contributed by atoms with van der Waals surface area (Å²) in [5.41, 5.74) is 4.37. The van der Waals surface area contributed by atoms with Crippen LogP contribution < -0.4 is 0 Å². The highest BCUT2D eigenvalue weighted by Gasteiger charge is 2.14. The van der Waals surface area contributed by atoms with Crippen LogP contribution in [0.3, 0.4) is 0 Å². The molecular weight excluding hydrogens is 278 g/mol. The van der Waals surface area contributed by atoms with Gasteiger partial charge in [0.05, 0.1) is 5.69 Å². The Morgan fingerprint density at radius 1 is 0.870 bits per heavy atom. The number of rotatable bonds is 3. The highest BCUT2D eigenvalue weighted by atomic mass is 14.7. The minimum Gasteiger partial charge on any atom is -0.256 e. The van der Waals surface area contributed by atoms with Crippen LogP contribution in [-0.2, 0) is 11.8 Å². The summed E-state index contributed by atoms with van der Waals surface area (Å²) in [4.78, 5) is 4.47. The Hall–Kier alpha value is -2.41. The van der Waals surface area contributed by atoms with Crippen molar-refractivity contribution in [1.82, 2.24) is 4.98 Å². The van der Waals surface area contributed by atoms with E-state index in [1.54, 1.807) is 12.3 Å². The largest absolute Gasteiger partial charge is 0.256 e. The van der Waals surface area contributed by atoms with Crippen molar-refractivity contribution in [3.8, 4) is 11.3 Å². The Balaban J connectivity index is 2.03. The van der Waals surface area contributed by atoms with E-state index in [-0.39, 0.29) is 5.41 Å². The summed E-state index contributed by atoms with van der Waals surface area (Å²) in [6.45, 7) is 6.55. The van der Waals surface area contributed by atoms with Gasteiger partial charge in [0.25, 0.3) is 0 Å². The van der Waals surface area contributed by atoms with Crippen molar-refractivity contribution in [2.75, 3.05) is 0 Å². The van der Waals surface area contributed by atoms with Gasteiger partial charge in [-0.2, -0.15) is 0 Å². The third-order valence-electron chi connectivity index (χ3n) is 3.85. The van der Waals surface area contributed by atoms with Gasteiger partial charge in [0.2, 0.25) is 0 Å². The van der Waals surface area contributed by atoms with E-state index in [9.17, 15) is 0 Å². The van der Waals surface area contributed by atoms with Gasteiger partial charge < -0.3 is 0 Å². The minimum atomic E-state index is -1.55. The van der Waals surface area contributed by atoms with Crippen LogP contribution in [0.25, 0.3) is 11.3 Å². The molecule has 0 aliphatic heterocycles. The van der Waals surface area contributed by atoms with E-state index < -0.39 is 6.37 Å². The third-order valence-corrected chi connectivity index (χ3v) is 3.85. The molecule has 0 N–H and O–H groups in total. The monoisotopic (exact) mass is 303 g/mol. The van der Waals surface area contributed by atoms with Crippen LogP contribution in [0, 0.1) is 0 Å². The van der Waals surface area contributed by atoms with E-state index in [0.717, 1.165) is 11.3 Å². The van der Waals surface area contributed by atoms with Gasteiger partial charge in [-0.15, -0.1) is 0 Å². The van der Waals surface area contributed by atoms with Gasteiger partial charge in [0.15, 0.2) is 0 Å². The van der Waals surface area contributed by atoms with Crippen LogP contribution in [0.5, 0.6) is 0 Å². The van der Waals surface area contributed by atoms with E-state index in [1.807, 2.05) is 48.5 Å². The van der Waals surface area contributed by atoms with E-state index in [1.165, 1.54) is 5.56 Å². The fraction of sp³-hybridized carbons (Fsp3) is 0.227. The van der Waals surface area contributed by atoms with Gasteiger partial charge >= 0.3 is 0 Å². The molecule has 0 radical (unpaired) electrons. The fourth-order valence-electron chi connectivity index (χ4n) is 2.50. The fourth-order valence-corrected chi connectivity index (χ4v) is 2.50. The predicted molar refractivity (Wildman–Crippen MR) is 97.6 cm³/mol. The lowest BCUT2D eigenvalue weighted by Gasteiger charge is -2.19. The van der Waals surface area contributed by atoms with E-state index in [0.29, 0.717) is 11.1 Å². The molecule has 3 aromatic rings. The predicted octanol–water partition coefficient (Wildman–Crippen LogP) is 5.64. The van der Waals surface area contributed by atoms with Crippen LogP contribution in [-0.4, -0.2) is 4.98 Å². The van der Waals surface area contributed by atoms with E-state index in [2.05, 4.69) is 37.9 Å². The Bertz CT molecular complexity index is 864. The first-order valence-corrected chi connectivity index (χ1v) is 7.91. The number of hydrogen-bond acceptors (Lipinski definition) is 1. The normalized spacial score (nSPS) is 13.3. The molecule has 0 saturated carbocycles. The lowest BCUT2D eigenvalue weighted by molar-refractivity contribution is 0.590. The molecular formula is C22H23N. The Labute approximate surface area is 141 Å². The number of hydrogen-bond donors (Lipinski definition) is 0. The smallest absolute Gasteiger partial charge is 0.0704 e. The number of benzene rings is 2. The second kappa shape index (κ2) is 6.37. The van der Waals surface area contributed by atoms with Gasteiger partial charge in [-0.05, 0) is 46.7 Å². The summed E-state index contributed by atoms with van der Waals surface area (Å²) in [7, 11) is 0. The number of pyridine rings is 1. The first-order chi connectivity index (χ1) is 11.8. The summed E-state index contributed by atoms with van der Waals surface area (Å²) < 4.78 is 17.1. The maximum atomic E-state index is 8.55. The molecule has 0 aliphatic rings. The third kappa shape index (κ3) is 3.87. The molecule has 0 amide bonds. The lowest BCUT2D eigenvalue weighted by Crippen LogP contribution is -2.10. The molecule has 116 valence electrons. The average molecular weight is 303 g/mol. The van der Waals surface area contributed by atoms with Crippen molar-refractivity contribution in [3.63, 3.8) is 0 Å². The molecule has 0 bridgehead atoms. The molecule has 0 saturated heterocycles. The molecule has 0 unspecified atom stereocenters. The van der Waals surface area contributed by atoms with Crippen molar-refractivity contribution in [1.29, 1.82) is 0 Å². The molecule has 0 atom stereocenters. The summed E-state index contributed by atoms with van der Waals surface area (Å²) in [6.07, 6.45) is 0.135. The van der Waals surface area contributed by atoms with Crippen molar-refractivity contribution in [3.05, 3.63) is 89.6 Å². The maximum Gasteiger partial charge on any atom is 0.0704 e. The van der Waals surface area contributed by atoms with Crippen LogP contribution in [0.15, 0.2) is 72.9 Å². The zero-order valence-electron chi connectivity index (χ0n) is 15.9. The Morgan fingerprint density at radius 2 is 1.65 bits per heavy atom. The van der Waals surface area contributed by atoms with Gasteiger partial charge in [0.1, 0.15) is 0 Å². The molecule has 23 heavy (non-hydrogen) atoms. The molecule has 0 fully saturated rings. The zero-order chi connectivity index (χ0) is 18.1. The molecule has 2 aromatic carbocycles. The van der Waals surface area contributed by atoms with Crippen molar-refractivity contribution in [2.24, 2.45) is 0 Å². The summed E-state index contributed by atoms with van der Waals surface area (Å²) in [6, 6.07) is 21.2. The maximum absolute atomic E-state index is 8.55. The number of aromatic nitrogens is 1. The topological polar surface area (TPSA) is 12.9 Å². The van der Waals surface area contributed by atoms with Crippen LogP contribution in [0.1, 0.15) is 40.2 Å². The molecule has 3 rings (SSSR count). The van der Waals surface area contributed by atoms with Crippen molar-refractivity contribution in [2.45, 2.75) is 32.6 Å². The van der Waals surface area contributed by atoms with Crippen LogP contribution in [0.2, 0.25) is 0 Å². The summed E-state index contributed by atoms with van der Waals surface area (Å²) in [5.74, 6) is 0. The first-order valence-electron chi connectivity index (χ1n) is 8.91. The molecule has 1 heterocycles. The second-order valence-corrected chi connectivity index (χ2v) is 6.75. The molecule has 0 aliphatic carbocycles.